The van der Waals surface area contributed by atoms with E-state index in [-0.39, 0.29) is 5.82 Å². The van der Waals surface area contributed by atoms with Gasteiger partial charge < -0.3 is 5.73 Å². The van der Waals surface area contributed by atoms with Gasteiger partial charge in [-0.3, -0.25) is 0 Å². The molecule has 3 rings (SSSR count). The monoisotopic (exact) mass is 229 g/mol. The molecule has 0 heterocycles. The highest BCUT2D eigenvalue weighted by Crippen LogP contribution is 2.36. The van der Waals surface area contributed by atoms with Gasteiger partial charge >= 0.3 is 0 Å². The van der Waals surface area contributed by atoms with Crippen molar-refractivity contribution < 1.29 is 4.39 Å². The number of nitrogens with two attached hydrogens (primary N) is 1. The molecular weight excluding hydrogens is 213 g/mol. The predicted molar refractivity (Wildman–Crippen MR) is 69.5 cm³/mol. The van der Waals surface area contributed by atoms with E-state index in [1.165, 1.54) is 12.8 Å². The molecule has 0 radical (unpaired) electrons. The molecule has 0 aromatic heterocycles. The highest BCUT2D eigenvalue weighted by atomic mass is 19.1. The number of benzene rings is 2. The Morgan fingerprint density at radius 3 is 2.76 bits per heavy atom. The third kappa shape index (κ3) is 1.88. The molecule has 1 aliphatic carbocycles. The van der Waals surface area contributed by atoms with Crippen molar-refractivity contribution in [2.75, 3.05) is 5.73 Å². The zero-order chi connectivity index (χ0) is 12.0. The molecule has 0 aliphatic heterocycles. The fourth-order valence-electron chi connectivity index (χ4n) is 2.58. The number of aryl methyl sites for hydroxylation is 1. The Hall–Kier alpha value is -1.57. The van der Waals surface area contributed by atoms with E-state index in [2.05, 4.69) is 0 Å². The quantitative estimate of drug-likeness (QED) is 0.778. The highest BCUT2D eigenvalue weighted by molar-refractivity contribution is 5.91. The van der Waals surface area contributed by atoms with Crippen molar-refractivity contribution in [3.05, 3.63) is 41.2 Å². The molecule has 2 aromatic carbocycles. The Labute approximate surface area is 100 Å². The number of anilines is 1. The zero-order valence-corrected chi connectivity index (χ0v) is 9.96. The van der Waals surface area contributed by atoms with E-state index in [1.54, 1.807) is 6.07 Å². The van der Waals surface area contributed by atoms with Crippen LogP contribution in [0.4, 0.5) is 10.1 Å². The first-order valence-corrected chi connectivity index (χ1v) is 6.12. The Morgan fingerprint density at radius 1 is 1.29 bits per heavy atom. The van der Waals surface area contributed by atoms with Crippen LogP contribution in [-0.4, -0.2) is 0 Å². The van der Waals surface area contributed by atoms with Gasteiger partial charge in [0.2, 0.25) is 0 Å². The van der Waals surface area contributed by atoms with Gasteiger partial charge in [0.15, 0.2) is 0 Å². The molecule has 88 valence electrons. The van der Waals surface area contributed by atoms with Crippen LogP contribution < -0.4 is 5.73 Å². The van der Waals surface area contributed by atoms with E-state index in [0.29, 0.717) is 5.92 Å². The molecule has 0 unspecified atom stereocenters. The van der Waals surface area contributed by atoms with Crippen LogP contribution in [0, 0.1) is 18.7 Å². The van der Waals surface area contributed by atoms with E-state index in [9.17, 15) is 4.39 Å². The van der Waals surface area contributed by atoms with E-state index < -0.39 is 0 Å². The number of nitrogen functional groups attached to an aromatic ring is 1. The Bertz CT molecular complexity index is 585. The number of hydrogen-bond acceptors (Lipinski definition) is 1. The van der Waals surface area contributed by atoms with Gasteiger partial charge in [0.1, 0.15) is 5.82 Å². The van der Waals surface area contributed by atoms with Gasteiger partial charge in [-0.1, -0.05) is 6.07 Å². The van der Waals surface area contributed by atoms with Gasteiger partial charge in [0.25, 0.3) is 0 Å². The molecule has 2 aromatic rings. The number of hydrogen-bond donors (Lipinski definition) is 1. The summed E-state index contributed by atoms with van der Waals surface area (Å²) in [7, 11) is 0. The maximum Gasteiger partial charge on any atom is 0.127 e. The second-order valence-electron chi connectivity index (χ2n) is 5.11. The van der Waals surface area contributed by atoms with Crippen LogP contribution in [0.2, 0.25) is 0 Å². The average molecular weight is 229 g/mol. The van der Waals surface area contributed by atoms with Gasteiger partial charge in [-0.05, 0) is 72.2 Å². The van der Waals surface area contributed by atoms with Crippen LogP contribution in [0.5, 0.6) is 0 Å². The first-order chi connectivity index (χ1) is 8.15. The summed E-state index contributed by atoms with van der Waals surface area (Å²) >= 11 is 0. The largest absolute Gasteiger partial charge is 0.399 e. The number of halogens is 1. The molecule has 1 fully saturated rings. The van der Waals surface area contributed by atoms with Crippen LogP contribution in [0.15, 0.2) is 24.3 Å². The molecule has 17 heavy (non-hydrogen) atoms. The van der Waals surface area contributed by atoms with Crippen LogP contribution in [0.3, 0.4) is 0 Å². The Morgan fingerprint density at radius 2 is 2.06 bits per heavy atom. The van der Waals surface area contributed by atoms with Crippen LogP contribution in [-0.2, 0) is 6.42 Å². The van der Waals surface area contributed by atoms with Gasteiger partial charge in [0.05, 0.1) is 0 Å². The molecule has 0 bridgehead atoms. The summed E-state index contributed by atoms with van der Waals surface area (Å²) in [6.45, 7) is 2.01. The summed E-state index contributed by atoms with van der Waals surface area (Å²) in [4.78, 5) is 0. The van der Waals surface area contributed by atoms with Crippen molar-refractivity contribution in [2.24, 2.45) is 5.92 Å². The van der Waals surface area contributed by atoms with E-state index in [0.717, 1.165) is 34.0 Å². The lowest BCUT2D eigenvalue weighted by molar-refractivity contribution is 0.605. The second-order valence-corrected chi connectivity index (χ2v) is 5.11. The predicted octanol–water partition coefficient (Wildman–Crippen LogP) is 3.82. The summed E-state index contributed by atoms with van der Waals surface area (Å²) in [5, 5.41) is 2.12. The summed E-state index contributed by atoms with van der Waals surface area (Å²) in [5.74, 6) is 0.615. The molecule has 1 saturated carbocycles. The number of rotatable bonds is 2. The molecule has 0 amide bonds. The molecule has 2 heteroatoms. The highest BCUT2D eigenvalue weighted by Gasteiger charge is 2.24. The van der Waals surface area contributed by atoms with Crippen molar-refractivity contribution in [3.63, 3.8) is 0 Å². The minimum Gasteiger partial charge on any atom is -0.399 e. The Kier molecular flexibility index (Phi) is 2.32. The molecular formula is C15H16FN. The van der Waals surface area contributed by atoms with Gasteiger partial charge in [0, 0.05) is 5.69 Å². The fourth-order valence-corrected chi connectivity index (χ4v) is 2.58. The Balaban J connectivity index is 2.25. The standard InChI is InChI=1S/C15H16FN/c1-9-6-12(17)8-11-4-5-14(16)13(15(9)11)7-10-2-3-10/h4-6,8,10H,2-3,7,17H2,1H3. The van der Waals surface area contributed by atoms with Crippen LogP contribution in [0.1, 0.15) is 24.0 Å². The van der Waals surface area contributed by atoms with Crippen molar-refractivity contribution in [1.82, 2.24) is 0 Å². The average Bonchev–Trinajstić information content (AvgIpc) is 3.06. The summed E-state index contributed by atoms with van der Waals surface area (Å²) in [6, 6.07) is 7.25. The summed E-state index contributed by atoms with van der Waals surface area (Å²) in [6.07, 6.45) is 3.35. The normalized spacial score (nSPS) is 15.4. The second kappa shape index (κ2) is 3.73. The van der Waals surface area contributed by atoms with Crippen molar-refractivity contribution in [2.45, 2.75) is 26.2 Å². The van der Waals surface area contributed by atoms with E-state index in [4.69, 9.17) is 5.73 Å². The molecule has 0 saturated heterocycles. The fraction of sp³-hybridized carbons (Fsp3) is 0.333. The van der Waals surface area contributed by atoms with Crippen molar-refractivity contribution in [1.29, 1.82) is 0 Å². The molecule has 1 nitrogen and oxygen atoms in total. The van der Waals surface area contributed by atoms with Gasteiger partial charge in [-0.25, -0.2) is 4.39 Å². The SMILES string of the molecule is Cc1cc(N)cc2ccc(F)c(CC3CC3)c12. The smallest absolute Gasteiger partial charge is 0.127 e. The summed E-state index contributed by atoms with van der Waals surface area (Å²) in [5.41, 5.74) is 8.54. The lowest BCUT2D eigenvalue weighted by Gasteiger charge is -2.11. The molecule has 1 aliphatic rings. The lowest BCUT2D eigenvalue weighted by atomic mass is 9.95. The van der Waals surface area contributed by atoms with Crippen molar-refractivity contribution in [3.8, 4) is 0 Å². The third-order valence-electron chi connectivity index (χ3n) is 3.58. The number of fused-ring (bicyclic) bond motifs is 1. The molecule has 2 N–H and O–H groups in total. The maximum atomic E-state index is 14.0. The van der Waals surface area contributed by atoms with E-state index in [1.807, 2.05) is 25.1 Å². The zero-order valence-electron chi connectivity index (χ0n) is 9.96. The first-order valence-electron chi connectivity index (χ1n) is 6.12. The van der Waals surface area contributed by atoms with Crippen LogP contribution >= 0.6 is 0 Å². The summed E-state index contributed by atoms with van der Waals surface area (Å²) < 4.78 is 14.0. The maximum absolute atomic E-state index is 14.0. The van der Waals surface area contributed by atoms with Gasteiger partial charge in [-0.2, -0.15) is 0 Å². The van der Waals surface area contributed by atoms with Crippen LogP contribution in [0.25, 0.3) is 10.8 Å². The molecule has 0 spiro atoms. The lowest BCUT2D eigenvalue weighted by Crippen LogP contribution is -1.97. The first kappa shape index (κ1) is 10.6. The third-order valence-corrected chi connectivity index (χ3v) is 3.58. The molecule has 0 atom stereocenters. The minimum absolute atomic E-state index is 0.0720. The van der Waals surface area contributed by atoms with E-state index >= 15 is 0 Å². The van der Waals surface area contributed by atoms with Crippen molar-refractivity contribution >= 4 is 16.5 Å². The van der Waals surface area contributed by atoms with Gasteiger partial charge in [-0.15, -0.1) is 0 Å². The minimum atomic E-state index is -0.0720. The topological polar surface area (TPSA) is 26.0 Å².